The smallest absolute Gasteiger partial charge is 0.408 e. The van der Waals surface area contributed by atoms with Gasteiger partial charge in [-0.25, -0.2) is 4.79 Å². The Kier molecular flexibility index (Phi) is 4.06. The van der Waals surface area contributed by atoms with E-state index < -0.39 is 16.6 Å². The lowest BCUT2D eigenvalue weighted by Gasteiger charge is -2.31. The number of benzene rings is 1. The van der Waals surface area contributed by atoms with Crippen molar-refractivity contribution in [1.82, 2.24) is 9.47 Å². The van der Waals surface area contributed by atoms with Gasteiger partial charge in [0.1, 0.15) is 4.92 Å². The number of amides is 1. The Morgan fingerprint density at radius 2 is 1.93 bits per heavy atom. The highest BCUT2D eigenvalue weighted by Gasteiger charge is 2.29. The van der Waals surface area contributed by atoms with E-state index >= 15 is 0 Å². The Labute approximate surface area is 152 Å². The molecule has 1 amide bonds. The fourth-order valence-corrected chi connectivity index (χ4v) is 3.51. The number of hydrogen-bond acceptors (Lipinski definition) is 6. The Morgan fingerprint density at radius 1 is 1.19 bits per heavy atom. The van der Waals surface area contributed by atoms with E-state index in [-0.39, 0.29) is 17.7 Å². The monoisotopic (exact) mass is 371 g/mol. The molecular formula is C18H17N3O6. The second-order valence-corrected chi connectivity index (χ2v) is 6.63. The Hall–Kier alpha value is -3.36. The summed E-state index contributed by atoms with van der Waals surface area (Å²) < 4.78 is 12.0. The first-order valence-electron chi connectivity index (χ1n) is 8.59. The van der Waals surface area contributed by atoms with E-state index in [1.807, 2.05) is 25.1 Å². The first-order chi connectivity index (χ1) is 12.9. The number of carbonyl (C=O) groups excluding carboxylic acids is 1. The number of piperidine rings is 1. The molecule has 9 heteroatoms. The number of nitro groups is 1. The number of aryl methyl sites for hydroxylation is 1. The van der Waals surface area contributed by atoms with E-state index in [1.165, 1.54) is 12.1 Å². The van der Waals surface area contributed by atoms with Crippen LogP contribution < -0.4 is 5.76 Å². The second kappa shape index (κ2) is 6.42. The van der Waals surface area contributed by atoms with E-state index in [2.05, 4.69) is 0 Å². The lowest BCUT2D eigenvalue weighted by Crippen LogP contribution is -2.40. The van der Waals surface area contributed by atoms with Crippen LogP contribution in [0.2, 0.25) is 0 Å². The number of nitrogens with zero attached hydrogens (tertiary/aromatic N) is 3. The normalized spacial score (nSPS) is 15.4. The number of hydrogen-bond donors (Lipinski definition) is 0. The van der Waals surface area contributed by atoms with E-state index in [0.717, 1.165) is 11.1 Å². The molecule has 1 aliphatic heterocycles. The summed E-state index contributed by atoms with van der Waals surface area (Å²) in [5.41, 5.74) is 2.31. The van der Waals surface area contributed by atoms with Crippen LogP contribution in [0.3, 0.4) is 0 Å². The molecule has 1 aromatic carbocycles. The third-order valence-corrected chi connectivity index (χ3v) is 4.87. The standard InChI is InChI=1S/C18H17N3O6/c1-11-2-3-13-15(10-11)27-18(23)20(13)12-6-8-19(9-7-12)17(22)14-4-5-16(26-14)21(24)25/h2-5,10,12H,6-9H2,1H3. The molecule has 0 spiro atoms. The first kappa shape index (κ1) is 17.1. The minimum atomic E-state index is -0.679. The average Bonchev–Trinajstić information content (AvgIpc) is 3.25. The van der Waals surface area contributed by atoms with E-state index in [9.17, 15) is 19.7 Å². The molecule has 0 saturated carbocycles. The molecule has 0 radical (unpaired) electrons. The van der Waals surface area contributed by atoms with Gasteiger partial charge in [0.15, 0.2) is 11.3 Å². The van der Waals surface area contributed by atoms with E-state index in [4.69, 9.17) is 8.83 Å². The molecule has 1 fully saturated rings. The van der Waals surface area contributed by atoms with Crippen LogP contribution in [-0.2, 0) is 0 Å². The number of oxazole rings is 1. The summed E-state index contributed by atoms with van der Waals surface area (Å²) >= 11 is 0. The molecule has 140 valence electrons. The van der Waals surface area contributed by atoms with Gasteiger partial charge in [0, 0.05) is 19.1 Å². The highest BCUT2D eigenvalue weighted by molar-refractivity contribution is 5.91. The molecule has 1 aliphatic rings. The summed E-state index contributed by atoms with van der Waals surface area (Å²) in [6, 6.07) is 8.03. The summed E-state index contributed by atoms with van der Waals surface area (Å²) in [7, 11) is 0. The third-order valence-electron chi connectivity index (χ3n) is 4.87. The fraction of sp³-hybridized carbons (Fsp3) is 0.333. The average molecular weight is 371 g/mol. The molecule has 2 aromatic heterocycles. The zero-order chi connectivity index (χ0) is 19.1. The Balaban J connectivity index is 1.50. The van der Waals surface area contributed by atoms with Crippen molar-refractivity contribution in [3.05, 3.63) is 62.3 Å². The lowest BCUT2D eigenvalue weighted by molar-refractivity contribution is -0.402. The van der Waals surface area contributed by atoms with Gasteiger partial charge in [0.25, 0.3) is 5.91 Å². The molecular weight excluding hydrogens is 354 g/mol. The van der Waals surface area contributed by atoms with Crippen molar-refractivity contribution >= 4 is 22.9 Å². The maximum Gasteiger partial charge on any atom is 0.433 e. The highest BCUT2D eigenvalue weighted by Crippen LogP contribution is 2.27. The van der Waals surface area contributed by atoms with Crippen molar-refractivity contribution in [2.24, 2.45) is 0 Å². The lowest BCUT2D eigenvalue weighted by atomic mass is 10.0. The molecule has 0 bridgehead atoms. The number of aromatic nitrogens is 1. The van der Waals surface area contributed by atoms with Crippen LogP contribution in [0.4, 0.5) is 5.88 Å². The zero-order valence-corrected chi connectivity index (χ0v) is 14.6. The summed E-state index contributed by atoms with van der Waals surface area (Å²) in [6.07, 6.45) is 1.16. The predicted molar refractivity (Wildman–Crippen MR) is 94.7 cm³/mol. The van der Waals surface area contributed by atoms with E-state index in [0.29, 0.717) is 31.5 Å². The minimum Gasteiger partial charge on any atom is -0.408 e. The summed E-state index contributed by atoms with van der Waals surface area (Å²) in [5.74, 6) is -1.30. The first-order valence-corrected chi connectivity index (χ1v) is 8.59. The molecule has 1 saturated heterocycles. The summed E-state index contributed by atoms with van der Waals surface area (Å²) in [4.78, 5) is 36.4. The molecule has 27 heavy (non-hydrogen) atoms. The Bertz CT molecular complexity index is 1080. The van der Waals surface area contributed by atoms with Crippen molar-refractivity contribution in [2.45, 2.75) is 25.8 Å². The van der Waals surface area contributed by atoms with Gasteiger partial charge in [-0.05, 0) is 43.5 Å². The molecule has 3 aromatic rings. The largest absolute Gasteiger partial charge is 0.433 e. The second-order valence-electron chi connectivity index (χ2n) is 6.63. The van der Waals surface area contributed by atoms with E-state index in [1.54, 1.807) is 9.47 Å². The summed E-state index contributed by atoms with van der Waals surface area (Å²) in [5, 5.41) is 10.7. The van der Waals surface area contributed by atoms with Crippen LogP contribution >= 0.6 is 0 Å². The topological polar surface area (TPSA) is 112 Å². The van der Waals surface area contributed by atoms with Gasteiger partial charge >= 0.3 is 11.6 Å². The quantitative estimate of drug-likeness (QED) is 0.517. The predicted octanol–water partition coefficient (Wildman–Crippen LogP) is 2.88. The van der Waals surface area contributed by atoms with Crippen molar-refractivity contribution in [3.63, 3.8) is 0 Å². The number of fused-ring (bicyclic) bond motifs is 1. The molecule has 0 N–H and O–H groups in total. The van der Waals surface area contributed by atoms with Gasteiger partial charge in [-0.15, -0.1) is 0 Å². The SMILES string of the molecule is Cc1ccc2c(c1)oc(=O)n2C1CCN(C(=O)c2ccc([N+](=O)[O-])o2)CC1. The Morgan fingerprint density at radius 3 is 2.59 bits per heavy atom. The third kappa shape index (κ3) is 3.01. The van der Waals surface area contributed by atoms with Gasteiger partial charge in [0.2, 0.25) is 0 Å². The van der Waals surface area contributed by atoms with Gasteiger partial charge in [-0.3, -0.25) is 19.5 Å². The number of rotatable bonds is 3. The summed E-state index contributed by atoms with van der Waals surface area (Å²) in [6.45, 7) is 2.77. The van der Waals surface area contributed by atoms with Crippen LogP contribution in [0, 0.1) is 17.0 Å². The van der Waals surface area contributed by atoms with Crippen molar-refractivity contribution in [3.8, 4) is 0 Å². The van der Waals surface area contributed by atoms with Gasteiger partial charge in [-0.1, -0.05) is 6.07 Å². The van der Waals surface area contributed by atoms with Crippen LogP contribution in [0.1, 0.15) is 35.0 Å². The molecule has 4 rings (SSSR count). The minimum absolute atomic E-state index is 0.0541. The molecule has 3 heterocycles. The molecule has 0 aliphatic carbocycles. The van der Waals surface area contributed by atoms with Crippen LogP contribution in [0.15, 0.2) is 44.0 Å². The number of carbonyl (C=O) groups is 1. The number of likely N-dealkylation sites (tertiary alicyclic amines) is 1. The van der Waals surface area contributed by atoms with Crippen LogP contribution in [0.25, 0.3) is 11.1 Å². The van der Waals surface area contributed by atoms with Crippen molar-refractivity contribution in [2.75, 3.05) is 13.1 Å². The molecule has 0 atom stereocenters. The van der Waals surface area contributed by atoms with Gasteiger partial charge < -0.3 is 13.7 Å². The molecule has 9 nitrogen and oxygen atoms in total. The molecule has 0 unspecified atom stereocenters. The van der Waals surface area contributed by atoms with Gasteiger partial charge in [-0.2, -0.15) is 0 Å². The zero-order valence-electron chi connectivity index (χ0n) is 14.6. The van der Waals surface area contributed by atoms with Crippen LogP contribution in [0.5, 0.6) is 0 Å². The van der Waals surface area contributed by atoms with Crippen molar-refractivity contribution in [1.29, 1.82) is 0 Å². The number of furan rings is 1. The van der Waals surface area contributed by atoms with Crippen LogP contribution in [-0.4, -0.2) is 33.4 Å². The van der Waals surface area contributed by atoms with Gasteiger partial charge in [0.05, 0.1) is 11.6 Å². The fourth-order valence-electron chi connectivity index (χ4n) is 3.51. The highest BCUT2D eigenvalue weighted by atomic mass is 16.6. The van der Waals surface area contributed by atoms with Crippen molar-refractivity contribution < 1.29 is 18.6 Å². The maximum atomic E-state index is 12.5. The maximum absolute atomic E-state index is 12.5.